The fourth-order valence-corrected chi connectivity index (χ4v) is 4.02. The number of thioether (sulfide) groups is 1. The van der Waals surface area contributed by atoms with Gasteiger partial charge in [-0.2, -0.15) is 0 Å². The molecule has 26 heavy (non-hydrogen) atoms. The lowest BCUT2D eigenvalue weighted by molar-refractivity contribution is -0.130. The number of rotatable bonds is 5. The van der Waals surface area contributed by atoms with Crippen molar-refractivity contribution in [2.45, 2.75) is 11.4 Å². The van der Waals surface area contributed by atoms with Crippen LogP contribution in [-0.2, 0) is 11.3 Å². The Hall–Kier alpha value is -2.31. The van der Waals surface area contributed by atoms with Gasteiger partial charge < -0.3 is 9.30 Å². The Morgan fingerprint density at radius 3 is 2.54 bits per heavy atom. The zero-order valence-electron chi connectivity index (χ0n) is 14.6. The molecule has 1 aliphatic heterocycles. The van der Waals surface area contributed by atoms with Gasteiger partial charge in [0.05, 0.1) is 11.4 Å². The summed E-state index contributed by atoms with van der Waals surface area (Å²) in [5, 5.41) is 0. The largest absolute Gasteiger partial charge is 0.339 e. The van der Waals surface area contributed by atoms with Gasteiger partial charge in [-0.25, -0.2) is 4.98 Å². The fourth-order valence-electron chi connectivity index (χ4n) is 3.20. The van der Waals surface area contributed by atoms with Crippen LogP contribution < -0.4 is 0 Å². The molecular formula is C20H22N4OS. The van der Waals surface area contributed by atoms with Crippen LogP contribution >= 0.6 is 11.8 Å². The molecule has 2 aromatic heterocycles. The normalized spacial score (nSPS) is 15.5. The molecule has 0 N–H and O–H groups in total. The molecule has 5 nitrogen and oxygen atoms in total. The van der Waals surface area contributed by atoms with Gasteiger partial charge in [-0.3, -0.25) is 9.69 Å². The van der Waals surface area contributed by atoms with Gasteiger partial charge in [-0.1, -0.05) is 24.3 Å². The summed E-state index contributed by atoms with van der Waals surface area (Å²) >= 11 is 1.61. The molecule has 0 unspecified atom stereocenters. The van der Waals surface area contributed by atoms with Gasteiger partial charge in [0.25, 0.3) is 0 Å². The number of aromatic nitrogens is 2. The predicted octanol–water partition coefficient (Wildman–Crippen LogP) is 2.77. The van der Waals surface area contributed by atoms with Gasteiger partial charge in [0.1, 0.15) is 5.65 Å². The van der Waals surface area contributed by atoms with E-state index >= 15 is 0 Å². The molecule has 134 valence electrons. The molecule has 1 saturated heterocycles. The van der Waals surface area contributed by atoms with Crippen molar-refractivity contribution in [1.82, 2.24) is 19.2 Å². The van der Waals surface area contributed by atoms with Gasteiger partial charge in [-0.05, 0) is 24.3 Å². The smallest absolute Gasteiger partial charge is 0.233 e. The number of hydrogen-bond acceptors (Lipinski definition) is 4. The highest BCUT2D eigenvalue weighted by molar-refractivity contribution is 8.00. The van der Waals surface area contributed by atoms with Crippen LogP contribution in [0.15, 0.2) is 65.8 Å². The van der Waals surface area contributed by atoms with Crippen molar-refractivity contribution in [2.75, 3.05) is 31.9 Å². The second-order valence-electron chi connectivity index (χ2n) is 6.46. The van der Waals surface area contributed by atoms with Crippen LogP contribution in [0.5, 0.6) is 0 Å². The van der Waals surface area contributed by atoms with Gasteiger partial charge in [0, 0.05) is 50.0 Å². The number of pyridine rings is 1. The maximum Gasteiger partial charge on any atom is 0.233 e. The minimum atomic E-state index is 0.228. The first-order valence-corrected chi connectivity index (χ1v) is 9.87. The van der Waals surface area contributed by atoms with E-state index in [0.717, 1.165) is 49.0 Å². The highest BCUT2D eigenvalue weighted by Gasteiger charge is 2.21. The molecule has 1 aliphatic rings. The van der Waals surface area contributed by atoms with E-state index in [1.54, 1.807) is 11.8 Å². The molecule has 1 fully saturated rings. The Morgan fingerprint density at radius 2 is 1.77 bits per heavy atom. The van der Waals surface area contributed by atoms with Crippen LogP contribution in [-0.4, -0.2) is 57.0 Å². The van der Waals surface area contributed by atoms with Crippen molar-refractivity contribution in [3.05, 3.63) is 66.6 Å². The molecule has 0 bridgehead atoms. The highest BCUT2D eigenvalue weighted by atomic mass is 32.2. The maximum atomic E-state index is 12.4. The maximum absolute atomic E-state index is 12.4. The second kappa shape index (κ2) is 7.93. The zero-order chi connectivity index (χ0) is 17.8. The number of fused-ring (bicyclic) bond motifs is 1. The van der Waals surface area contributed by atoms with E-state index in [9.17, 15) is 4.79 Å². The summed E-state index contributed by atoms with van der Waals surface area (Å²) in [6.45, 7) is 4.22. The molecule has 0 saturated carbocycles. The van der Waals surface area contributed by atoms with E-state index in [1.165, 1.54) is 0 Å². The lowest BCUT2D eigenvalue weighted by Crippen LogP contribution is -2.48. The lowest BCUT2D eigenvalue weighted by atomic mass is 10.3. The van der Waals surface area contributed by atoms with Crippen LogP contribution in [0.2, 0.25) is 0 Å². The van der Waals surface area contributed by atoms with Gasteiger partial charge in [0.2, 0.25) is 5.91 Å². The minimum absolute atomic E-state index is 0.228. The summed E-state index contributed by atoms with van der Waals surface area (Å²) in [5.41, 5.74) is 2.06. The first kappa shape index (κ1) is 17.1. The number of imidazole rings is 1. The molecule has 1 aromatic carbocycles. The van der Waals surface area contributed by atoms with Crippen LogP contribution in [0.3, 0.4) is 0 Å². The molecule has 4 rings (SSSR count). The molecule has 3 aromatic rings. The van der Waals surface area contributed by atoms with E-state index < -0.39 is 0 Å². The van der Waals surface area contributed by atoms with E-state index in [0.29, 0.717) is 5.75 Å². The van der Waals surface area contributed by atoms with E-state index in [4.69, 9.17) is 0 Å². The number of benzene rings is 1. The average Bonchev–Trinajstić information content (AvgIpc) is 3.10. The third-order valence-corrected chi connectivity index (χ3v) is 5.63. The Labute approximate surface area is 157 Å². The summed E-state index contributed by atoms with van der Waals surface area (Å²) < 4.78 is 2.05. The van der Waals surface area contributed by atoms with Crippen molar-refractivity contribution in [3.63, 3.8) is 0 Å². The molecule has 0 spiro atoms. The number of amides is 1. The standard InChI is InChI=1S/C20H22N4OS/c25-20(16-26-18-6-2-1-3-7-18)23-12-10-22(11-13-23)14-17-15-24-9-5-4-8-19(24)21-17/h1-9,15H,10-14,16H2. The van der Waals surface area contributed by atoms with E-state index in [-0.39, 0.29) is 5.91 Å². The molecule has 3 heterocycles. The van der Waals surface area contributed by atoms with Crippen LogP contribution in [0.25, 0.3) is 5.65 Å². The first-order chi connectivity index (χ1) is 12.8. The number of piperazine rings is 1. The molecule has 0 atom stereocenters. The predicted molar refractivity (Wildman–Crippen MR) is 104 cm³/mol. The highest BCUT2D eigenvalue weighted by Crippen LogP contribution is 2.18. The Kier molecular flexibility index (Phi) is 5.22. The van der Waals surface area contributed by atoms with Gasteiger partial charge in [0.15, 0.2) is 0 Å². The summed E-state index contributed by atoms with van der Waals surface area (Å²) in [6, 6.07) is 16.1. The third kappa shape index (κ3) is 4.08. The van der Waals surface area contributed by atoms with Crippen LogP contribution in [0.4, 0.5) is 0 Å². The Bertz CT molecular complexity index is 839. The Morgan fingerprint density at radius 1 is 1.00 bits per heavy atom. The fraction of sp³-hybridized carbons (Fsp3) is 0.300. The van der Waals surface area contributed by atoms with Crippen molar-refractivity contribution >= 4 is 23.3 Å². The monoisotopic (exact) mass is 366 g/mol. The minimum Gasteiger partial charge on any atom is -0.339 e. The molecule has 1 amide bonds. The van der Waals surface area contributed by atoms with E-state index in [1.807, 2.05) is 59.6 Å². The van der Waals surface area contributed by atoms with Crippen molar-refractivity contribution in [3.8, 4) is 0 Å². The topological polar surface area (TPSA) is 40.9 Å². The number of carbonyl (C=O) groups is 1. The summed E-state index contributed by atoms with van der Waals surface area (Å²) in [4.78, 5) is 22.6. The van der Waals surface area contributed by atoms with E-state index in [2.05, 4.69) is 20.5 Å². The van der Waals surface area contributed by atoms with Crippen LogP contribution in [0.1, 0.15) is 5.69 Å². The molecule has 0 aliphatic carbocycles. The van der Waals surface area contributed by atoms with Crippen molar-refractivity contribution < 1.29 is 4.79 Å². The summed E-state index contributed by atoms with van der Waals surface area (Å²) in [5.74, 6) is 0.738. The van der Waals surface area contributed by atoms with Gasteiger partial charge in [-0.15, -0.1) is 11.8 Å². The summed E-state index contributed by atoms with van der Waals surface area (Å²) in [7, 11) is 0. The number of carbonyl (C=O) groups excluding carboxylic acids is 1. The number of hydrogen-bond donors (Lipinski definition) is 0. The lowest BCUT2D eigenvalue weighted by Gasteiger charge is -2.34. The van der Waals surface area contributed by atoms with Crippen molar-refractivity contribution in [2.24, 2.45) is 0 Å². The number of nitrogens with zero attached hydrogens (tertiary/aromatic N) is 4. The van der Waals surface area contributed by atoms with Crippen LogP contribution in [0, 0.1) is 0 Å². The quantitative estimate of drug-likeness (QED) is 0.651. The van der Waals surface area contributed by atoms with Crippen molar-refractivity contribution in [1.29, 1.82) is 0 Å². The van der Waals surface area contributed by atoms with Gasteiger partial charge >= 0.3 is 0 Å². The molecule has 6 heteroatoms. The zero-order valence-corrected chi connectivity index (χ0v) is 15.4. The summed E-state index contributed by atoms with van der Waals surface area (Å²) in [6.07, 6.45) is 4.11. The molecular weight excluding hydrogens is 344 g/mol. The first-order valence-electron chi connectivity index (χ1n) is 8.88. The second-order valence-corrected chi connectivity index (χ2v) is 7.51. The average molecular weight is 366 g/mol. The SMILES string of the molecule is O=C(CSc1ccccc1)N1CCN(Cc2cn3ccccc3n2)CC1. The molecule has 0 radical (unpaired) electrons. The third-order valence-electron chi connectivity index (χ3n) is 4.63. The Balaban J connectivity index is 1.26.